The summed E-state index contributed by atoms with van der Waals surface area (Å²) in [6.45, 7) is 0. The summed E-state index contributed by atoms with van der Waals surface area (Å²) < 4.78 is 5.02. The highest BCUT2D eigenvalue weighted by Gasteiger charge is 2.10. The highest BCUT2D eigenvalue weighted by molar-refractivity contribution is 6.04. The van der Waals surface area contributed by atoms with Gasteiger partial charge in [0.15, 0.2) is 0 Å². The van der Waals surface area contributed by atoms with Gasteiger partial charge in [-0.2, -0.15) is 5.26 Å². The van der Waals surface area contributed by atoms with Crippen LogP contribution in [-0.4, -0.2) is 18.0 Å². The minimum Gasteiger partial charge on any atom is -0.495 e. The highest BCUT2D eigenvalue weighted by atomic mass is 16.5. The number of amides is 1. The zero-order chi connectivity index (χ0) is 13.7. The lowest BCUT2D eigenvalue weighted by atomic mass is 10.1. The lowest BCUT2D eigenvalue weighted by molar-refractivity contribution is 0.102. The molecule has 5 heteroatoms. The molecule has 0 spiro atoms. The lowest BCUT2D eigenvalue weighted by Gasteiger charge is -2.06. The van der Waals surface area contributed by atoms with Gasteiger partial charge >= 0.3 is 0 Å². The predicted octanol–water partition coefficient (Wildman–Crippen LogP) is 2.21. The van der Waals surface area contributed by atoms with Crippen LogP contribution in [0.2, 0.25) is 0 Å². The van der Waals surface area contributed by atoms with Crippen LogP contribution in [0.3, 0.4) is 0 Å². The molecule has 19 heavy (non-hydrogen) atoms. The van der Waals surface area contributed by atoms with E-state index in [0.29, 0.717) is 22.7 Å². The van der Waals surface area contributed by atoms with Crippen LogP contribution in [0.1, 0.15) is 15.9 Å². The summed E-state index contributed by atoms with van der Waals surface area (Å²) in [6, 6.07) is 11.9. The Morgan fingerprint density at radius 3 is 2.84 bits per heavy atom. The van der Waals surface area contributed by atoms with Crippen molar-refractivity contribution >= 4 is 11.7 Å². The number of carbonyl (C=O) groups is 1. The summed E-state index contributed by atoms with van der Waals surface area (Å²) in [5.41, 5.74) is 0.694. The van der Waals surface area contributed by atoms with Crippen molar-refractivity contribution in [3.63, 3.8) is 0 Å². The molecule has 0 radical (unpaired) electrons. The predicted molar refractivity (Wildman–Crippen MR) is 69.9 cm³/mol. The van der Waals surface area contributed by atoms with Crippen molar-refractivity contribution in [1.29, 1.82) is 5.26 Å². The molecule has 0 bridgehead atoms. The van der Waals surface area contributed by atoms with Crippen molar-refractivity contribution < 1.29 is 9.53 Å². The first-order valence-electron chi connectivity index (χ1n) is 5.55. The van der Waals surface area contributed by atoms with Crippen LogP contribution in [0.15, 0.2) is 42.6 Å². The lowest BCUT2D eigenvalue weighted by Crippen LogP contribution is -2.13. The zero-order valence-electron chi connectivity index (χ0n) is 10.3. The first kappa shape index (κ1) is 12.6. The van der Waals surface area contributed by atoms with Crippen LogP contribution in [0.5, 0.6) is 5.75 Å². The van der Waals surface area contributed by atoms with Gasteiger partial charge in [-0.05, 0) is 30.3 Å². The topological polar surface area (TPSA) is 75.0 Å². The largest absolute Gasteiger partial charge is 0.495 e. The molecule has 5 nitrogen and oxygen atoms in total. The number of hydrogen-bond acceptors (Lipinski definition) is 4. The number of aromatic nitrogens is 1. The van der Waals surface area contributed by atoms with Crippen LogP contribution in [0, 0.1) is 11.3 Å². The van der Waals surface area contributed by atoms with Gasteiger partial charge in [-0.25, -0.2) is 4.98 Å². The average molecular weight is 253 g/mol. The third-order valence-electron chi connectivity index (χ3n) is 2.49. The number of nitrogens with one attached hydrogen (secondary N) is 1. The van der Waals surface area contributed by atoms with Crippen LogP contribution >= 0.6 is 0 Å². The van der Waals surface area contributed by atoms with E-state index in [1.807, 2.05) is 6.07 Å². The minimum absolute atomic E-state index is 0.316. The van der Waals surface area contributed by atoms with E-state index in [1.165, 1.54) is 13.2 Å². The Balaban J connectivity index is 2.23. The van der Waals surface area contributed by atoms with Crippen molar-refractivity contribution in [1.82, 2.24) is 4.98 Å². The Morgan fingerprint density at radius 2 is 2.21 bits per heavy atom. The maximum absolute atomic E-state index is 12.0. The minimum atomic E-state index is -0.321. The van der Waals surface area contributed by atoms with Gasteiger partial charge in [0.1, 0.15) is 17.6 Å². The van der Waals surface area contributed by atoms with E-state index in [0.717, 1.165) is 0 Å². The summed E-state index contributed by atoms with van der Waals surface area (Å²) in [4.78, 5) is 16.0. The van der Waals surface area contributed by atoms with Gasteiger partial charge in [-0.15, -0.1) is 0 Å². The third kappa shape index (κ3) is 2.87. The fraction of sp³-hybridized carbons (Fsp3) is 0.0714. The molecule has 0 fully saturated rings. The van der Waals surface area contributed by atoms with E-state index < -0.39 is 0 Å². The van der Waals surface area contributed by atoms with Gasteiger partial charge in [-0.3, -0.25) is 4.79 Å². The van der Waals surface area contributed by atoms with E-state index in [2.05, 4.69) is 10.3 Å². The van der Waals surface area contributed by atoms with Crippen molar-refractivity contribution in [3.05, 3.63) is 53.7 Å². The molecule has 1 amide bonds. The molecule has 94 valence electrons. The standard InChI is InChI=1S/C14H11N3O2/c1-19-12-6-5-10(8-11(12)9-15)14(18)17-13-4-2-3-7-16-13/h2-8H,1H3,(H,16,17,18). The molecule has 0 aliphatic carbocycles. The number of pyridine rings is 1. The molecule has 1 N–H and O–H groups in total. The maximum Gasteiger partial charge on any atom is 0.256 e. The second kappa shape index (κ2) is 5.65. The number of nitriles is 1. The van der Waals surface area contributed by atoms with E-state index in [4.69, 9.17) is 10.00 Å². The summed E-state index contributed by atoms with van der Waals surface area (Å²) in [7, 11) is 1.48. The Morgan fingerprint density at radius 1 is 1.37 bits per heavy atom. The smallest absolute Gasteiger partial charge is 0.256 e. The number of methoxy groups -OCH3 is 1. The fourth-order valence-corrected chi connectivity index (χ4v) is 1.56. The first-order chi connectivity index (χ1) is 9.24. The molecule has 0 atom stereocenters. The molecule has 2 rings (SSSR count). The number of rotatable bonds is 3. The SMILES string of the molecule is COc1ccc(C(=O)Nc2ccccn2)cc1C#N. The molecule has 1 aromatic carbocycles. The number of anilines is 1. The number of ether oxygens (including phenoxy) is 1. The quantitative estimate of drug-likeness (QED) is 0.910. The Bertz CT molecular complexity index is 633. The molecule has 0 unspecified atom stereocenters. The normalized spacial score (nSPS) is 9.47. The van der Waals surface area contributed by atoms with Crippen molar-refractivity contribution in [2.24, 2.45) is 0 Å². The molecule has 1 heterocycles. The van der Waals surface area contributed by atoms with Gasteiger partial charge in [0.05, 0.1) is 12.7 Å². The summed E-state index contributed by atoms with van der Waals surface area (Å²) in [5, 5.41) is 11.6. The van der Waals surface area contributed by atoms with E-state index in [-0.39, 0.29) is 5.91 Å². The van der Waals surface area contributed by atoms with E-state index >= 15 is 0 Å². The van der Waals surface area contributed by atoms with Crippen LogP contribution in [0.25, 0.3) is 0 Å². The van der Waals surface area contributed by atoms with Crippen molar-refractivity contribution in [3.8, 4) is 11.8 Å². The number of hydrogen-bond donors (Lipinski definition) is 1. The first-order valence-corrected chi connectivity index (χ1v) is 5.55. The molecular weight excluding hydrogens is 242 g/mol. The summed E-state index contributed by atoms with van der Waals surface area (Å²) in [5.74, 6) is 0.580. The molecule has 2 aromatic rings. The second-order valence-electron chi connectivity index (χ2n) is 3.70. The van der Waals surface area contributed by atoms with Crippen LogP contribution < -0.4 is 10.1 Å². The van der Waals surface area contributed by atoms with Gasteiger partial charge in [0.2, 0.25) is 0 Å². The number of benzene rings is 1. The maximum atomic E-state index is 12.0. The fourth-order valence-electron chi connectivity index (χ4n) is 1.56. The molecule has 1 aromatic heterocycles. The van der Waals surface area contributed by atoms with Gasteiger partial charge in [0.25, 0.3) is 5.91 Å². The molecule has 0 saturated heterocycles. The van der Waals surface area contributed by atoms with Crippen LogP contribution in [-0.2, 0) is 0 Å². The summed E-state index contributed by atoms with van der Waals surface area (Å²) >= 11 is 0. The van der Waals surface area contributed by atoms with E-state index in [9.17, 15) is 4.79 Å². The Hall–Kier alpha value is -2.87. The van der Waals surface area contributed by atoms with Gasteiger partial charge in [-0.1, -0.05) is 6.07 Å². The second-order valence-corrected chi connectivity index (χ2v) is 3.70. The monoisotopic (exact) mass is 253 g/mol. The average Bonchev–Trinajstić information content (AvgIpc) is 2.47. The number of nitrogens with zero attached hydrogens (tertiary/aromatic N) is 2. The zero-order valence-corrected chi connectivity index (χ0v) is 10.3. The summed E-state index contributed by atoms with van der Waals surface area (Å²) in [6.07, 6.45) is 1.59. The molecule has 0 saturated carbocycles. The molecule has 0 aliphatic rings. The van der Waals surface area contributed by atoms with Gasteiger partial charge in [0, 0.05) is 11.8 Å². The Labute approximate surface area is 110 Å². The van der Waals surface area contributed by atoms with Crippen molar-refractivity contribution in [2.45, 2.75) is 0 Å². The van der Waals surface area contributed by atoms with Crippen LogP contribution in [0.4, 0.5) is 5.82 Å². The van der Waals surface area contributed by atoms with Crippen molar-refractivity contribution in [2.75, 3.05) is 12.4 Å². The highest BCUT2D eigenvalue weighted by Crippen LogP contribution is 2.19. The van der Waals surface area contributed by atoms with Gasteiger partial charge < -0.3 is 10.1 Å². The molecule has 0 aliphatic heterocycles. The third-order valence-corrected chi connectivity index (χ3v) is 2.49. The van der Waals surface area contributed by atoms with E-state index in [1.54, 1.807) is 36.5 Å². The molecular formula is C14H11N3O2. The Kier molecular flexibility index (Phi) is 3.74. The number of carbonyl (C=O) groups excluding carboxylic acids is 1.